The third kappa shape index (κ3) is 4.69. The lowest BCUT2D eigenvalue weighted by atomic mass is 10.0. The van der Waals surface area contributed by atoms with Gasteiger partial charge in [0.15, 0.2) is 6.29 Å². The Morgan fingerprint density at radius 2 is 1.95 bits per heavy atom. The Kier molecular flexibility index (Phi) is 6.13. The van der Waals surface area contributed by atoms with Gasteiger partial charge in [0, 0.05) is 17.3 Å². The fraction of sp³-hybridized carbons (Fsp3) is 0.368. The Morgan fingerprint density at radius 3 is 2.55 bits per heavy atom. The molecule has 0 fully saturated rings. The average molecular weight is 297 g/mol. The maximum absolute atomic E-state index is 10.6. The summed E-state index contributed by atoms with van der Waals surface area (Å²) in [5.41, 5.74) is 2.46. The molecule has 1 unspecified atom stereocenters. The third-order valence-corrected chi connectivity index (χ3v) is 3.88. The number of rotatable bonds is 8. The van der Waals surface area contributed by atoms with Crippen molar-refractivity contribution in [3.8, 4) is 17.0 Å². The van der Waals surface area contributed by atoms with E-state index < -0.39 is 0 Å². The number of hydrogen-bond donors (Lipinski definition) is 0. The molecule has 0 aliphatic carbocycles. The number of benzene rings is 1. The summed E-state index contributed by atoms with van der Waals surface area (Å²) >= 11 is 0. The van der Waals surface area contributed by atoms with Crippen molar-refractivity contribution in [2.75, 3.05) is 6.61 Å². The van der Waals surface area contributed by atoms with E-state index in [0.29, 0.717) is 5.56 Å². The third-order valence-electron chi connectivity index (χ3n) is 3.88. The summed E-state index contributed by atoms with van der Waals surface area (Å²) in [5.74, 6) is 1.66. The minimum absolute atomic E-state index is 0.588. The second-order valence-corrected chi connectivity index (χ2v) is 5.62. The molecule has 0 aliphatic heterocycles. The number of carbonyl (C=O) groups is 1. The van der Waals surface area contributed by atoms with Crippen molar-refractivity contribution in [1.82, 2.24) is 4.98 Å². The van der Waals surface area contributed by atoms with E-state index in [-0.39, 0.29) is 0 Å². The standard InChI is InChI=1S/C19H23NO2/c1-3-15(2)5-4-12-22-18-9-7-17(8-10-18)19-11-6-16(14-21)13-20-19/h6-11,13-15H,3-5,12H2,1-2H3. The summed E-state index contributed by atoms with van der Waals surface area (Å²) in [4.78, 5) is 14.9. The van der Waals surface area contributed by atoms with Crippen molar-refractivity contribution in [3.63, 3.8) is 0 Å². The normalized spacial score (nSPS) is 11.9. The molecular formula is C19H23NO2. The van der Waals surface area contributed by atoms with Crippen LogP contribution in [0, 0.1) is 5.92 Å². The predicted octanol–water partition coefficient (Wildman–Crippen LogP) is 4.77. The minimum Gasteiger partial charge on any atom is -0.494 e. The van der Waals surface area contributed by atoms with Crippen molar-refractivity contribution in [2.24, 2.45) is 5.92 Å². The molecule has 3 heteroatoms. The highest BCUT2D eigenvalue weighted by Gasteiger charge is 2.02. The van der Waals surface area contributed by atoms with Gasteiger partial charge >= 0.3 is 0 Å². The largest absolute Gasteiger partial charge is 0.494 e. The maximum Gasteiger partial charge on any atom is 0.151 e. The lowest BCUT2D eigenvalue weighted by Crippen LogP contribution is -2.00. The molecule has 0 spiro atoms. The van der Waals surface area contributed by atoms with Crippen LogP contribution in [0.5, 0.6) is 5.75 Å². The summed E-state index contributed by atoms with van der Waals surface area (Å²) < 4.78 is 5.76. The van der Waals surface area contributed by atoms with Crippen molar-refractivity contribution in [1.29, 1.82) is 0 Å². The molecule has 3 nitrogen and oxygen atoms in total. The summed E-state index contributed by atoms with van der Waals surface area (Å²) in [5, 5.41) is 0. The van der Waals surface area contributed by atoms with E-state index in [9.17, 15) is 4.79 Å². The molecule has 116 valence electrons. The van der Waals surface area contributed by atoms with Gasteiger partial charge in [0.2, 0.25) is 0 Å². The molecular weight excluding hydrogens is 274 g/mol. The molecule has 0 bridgehead atoms. The van der Waals surface area contributed by atoms with Gasteiger partial charge in [0.25, 0.3) is 0 Å². The first-order chi connectivity index (χ1) is 10.7. The van der Waals surface area contributed by atoms with Crippen LogP contribution in [0.15, 0.2) is 42.6 Å². The molecule has 0 aliphatic rings. The van der Waals surface area contributed by atoms with E-state index in [2.05, 4.69) is 18.8 Å². The molecule has 1 atom stereocenters. The molecule has 0 saturated carbocycles. The lowest BCUT2D eigenvalue weighted by Gasteiger charge is -2.10. The van der Waals surface area contributed by atoms with Crippen LogP contribution < -0.4 is 4.74 Å². The van der Waals surface area contributed by atoms with Gasteiger partial charge < -0.3 is 4.74 Å². The number of nitrogens with zero attached hydrogens (tertiary/aromatic N) is 1. The zero-order chi connectivity index (χ0) is 15.8. The van der Waals surface area contributed by atoms with E-state index in [0.717, 1.165) is 42.2 Å². The SMILES string of the molecule is CCC(C)CCCOc1ccc(-c2ccc(C=O)cn2)cc1. The summed E-state index contributed by atoms with van der Waals surface area (Å²) in [6, 6.07) is 11.5. The van der Waals surface area contributed by atoms with Crippen LogP contribution in [0.4, 0.5) is 0 Å². The molecule has 0 amide bonds. The van der Waals surface area contributed by atoms with Gasteiger partial charge in [0.1, 0.15) is 5.75 Å². The summed E-state index contributed by atoms with van der Waals surface area (Å²) in [6.07, 6.45) is 5.91. The quantitative estimate of drug-likeness (QED) is 0.520. The Hall–Kier alpha value is -2.16. The van der Waals surface area contributed by atoms with Gasteiger partial charge in [-0.2, -0.15) is 0 Å². The molecule has 2 aromatic rings. The topological polar surface area (TPSA) is 39.2 Å². The van der Waals surface area contributed by atoms with E-state index in [4.69, 9.17) is 4.74 Å². The monoisotopic (exact) mass is 297 g/mol. The summed E-state index contributed by atoms with van der Waals surface area (Å²) in [6.45, 7) is 5.26. The molecule has 0 N–H and O–H groups in total. The van der Waals surface area contributed by atoms with Gasteiger partial charge in [-0.3, -0.25) is 9.78 Å². The predicted molar refractivity (Wildman–Crippen MR) is 89.2 cm³/mol. The zero-order valence-electron chi connectivity index (χ0n) is 13.3. The highest BCUT2D eigenvalue weighted by molar-refractivity contribution is 5.75. The number of aldehydes is 1. The lowest BCUT2D eigenvalue weighted by molar-refractivity contribution is 0.112. The highest BCUT2D eigenvalue weighted by atomic mass is 16.5. The second kappa shape index (κ2) is 8.32. The Morgan fingerprint density at radius 1 is 1.18 bits per heavy atom. The van der Waals surface area contributed by atoms with Gasteiger partial charge in [0.05, 0.1) is 12.3 Å². The van der Waals surface area contributed by atoms with Gasteiger partial charge in [-0.15, -0.1) is 0 Å². The van der Waals surface area contributed by atoms with Crippen LogP contribution in [-0.4, -0.2) is 17.9 Å². The Balaban J connectivity index is 1.88. The first-order valence-corrected chi connectivity index (χ1v) is 7.87. The van der Waals surface area contributed by atoms with Crippen LogP contribution in [0.3, 0.4) is 0 Å². The number of carbonyl (C=O) groups excluding carboxylic acids is 1. The van der Waals surface area contributed by atoms with Crippen molar-refractivity contribution < 1.29 is 9.53 Å². The average Bonchev–Trinajstić information content (AvgIpc) is 2.59. The van der Waals surface area contributed by atoms with Crippen LogP contribution in [0.2, 0.25) is 0 Å². The molecule has 0 radical (unpaired) electrons. The van der Waals surface area contributed by atoms with Crippen molar-refractivity contribution in [3.05, 3.63) is 48.2 Å². The minimum atomic E-state index is 0.588. The molecule has 1 aromatic carbocycles. The first kappa shape index (κ1) is 16.2. The van der Waals surface area contributed by atoms with E-state index in [1.54, 1.807) is 12.3 Å². The zero-order valence-corrected chi connectivity index (χ0v) is 13.3. The van der Waals surface area contributed by atoms with Crippen LogP contribution in [0.25, 0.3) is 11.3 Å². The molecule has 1 aromatic heterocycles. The molecule has 0 saturated heterocycles. The smallest absolute Gasteiger partial charge is 0.151 e. The van der Waals surface area contributed by atoms with Crippen LogP contribution >= 0.6 is 0 Å². The Bertz CT molecular complexity index is 575. The fourth-order valence-corrected chi connectivity index (χ4v) is 2.19. The van der Waals surface area contributed by atoms with Crippen molar-refractivity contribution >= 4 is 6.29 Å². The number of aromatic nitrogens is 1. The van der Waals surface area contributed by atoms with Crippen LogP contribution in [-0.2, 0) is 0 Å². The number of pyridine rings is 1. The highest BCUT2D eigenvalue weighted by Crippen LogP contribution is 2.21. The van der Waals surface area contributed by atoms with Gasteiger partial charge in [-0.05, 0) is 55.2 Å². The summed E-state index contributed by atoms with van der Waals surface area (Å²) in [7, 11) is 0. The van der Waals surface area contributed by atoms with E-state index >= 15 is 0 Å². The van der Waals surface area contributed by atoms with Crippen molar-refractivity contribution in [2.45, 2.75) is 33.1 Å². The maximum atomic E-state index is 10.6. The fourth-order valence-electron chi connectivity index (χ4n) is 2.19. The molecule has 2 rings (SSSR count). The van der Waals surface area contributed by atoms with Gasteiger partial charge in [-0.25, -0.2) is 0 Å². The van der Waals surface area contributed by atoms with E-state index in [1.807, 2.05) is 30.3 Å². The Labute approximate surface area is 132 Å². The van der Waals surface area contributed by atoms with Crippen LogP contribution in [0.1, 0.15) is 43.5 Å². The number of ether oxygens (including phenoxy) is 1. The molecule has 22 heavy (non-hydrogen) atoms. The van der Waals surface area contributed by atoms with E-state index in [1.165, 1.54) is 12.8 Å². The molecule has 1 heterocycles. The second-order valence-electron chi connectivity index (χ2n) is 5.62. The number of hydrogen-bond acceptors (Lipinski definition) is 3. The first-order valence-electron chi connectivity index (χ1n) is 7.87. The van der Waals surface area contributed by atoms with Gasteiger partial charge in [-0.1, -0.05) is 20.3 Å².